The van der Waals surface area contributed by atoms with Gasteiger partial charge in [-0.3, -0.25) is 4.72 Å². The summed E-state index contributed by atoms with van der Waals surface area (Å²) in [6.07, 6.45) is 0. The van der Waals surface area contributed by atoms with Crippen LogP contribution in [-0.4, -0.2) is 22.1 Å². The molecule has 0 aromatic heterocycles. The van der Waals surface area contributed by atoms with Crippen LogP contribution >= 0.6 is 11.6 Å². The van der Waals surface area contributed by atoms with Gasteiger partial charge in [-0.1, -0.05) is 11.6 Å². The minimum Gasteiger partial charge on any atom is -0.497 e. The van der Waals surface area contributed by atoms with E-state index >= 15 is 0 Å². The summed E-state index contributed by atoms with van der Waals surface area (Å²) in [6, 6.07) is 10.9. The SMILES string of the molecule is CCOc1ccc(S(=O)(=O)Nc2ccc(OC)cc2Cl)cc1. The first-order chi connectivity index (χ1) is 10.5. The molecular formula is C15H16ClNO4S. The highest BCUT2D eigenvalue weighted by atomic mass is 35.5. The van der Waals surface area contributed by atoms with Crippen molar-refractivity contribution in [1.29, 1.82) is 0 Å². The Kier molecular flexibility index (Phi) is 5.15. The zero-order chi connectivity index (χ0) is 16.2. The number of halogens is 1. The van der Waals surface area contributed by atoms with Crippen LogP contribution in [0.15, 0.2) is 47.4 Å². The van der Waals surface area contributed by atoms with Crippen LogP contribution in [0.4, 0.5) is 5.69 Å². The number of sulfonamides is 1. The van der Waals surface area contributed by atoms with Crippen LogP contribution < -0.4 is 14.2 Å². The number of rotatable bonds is 6. The molecule has 5 nitrogen and oxygen atoms in total. The van der Waals surface area contributed by atoms with Crippen LogP contribution in [0.1, 0.15) is 6.92 Å². The molecule has 0 spiro atoms. The highest BCUT2D eigenvalue weighted by molar-refractivity contribution is 7.92. The summed E-state index contributed by atoms with van der Waals surface area (Å²) in [5, 5.41) is 0.258. The molecule has 0 saturated carbocycles. The van der Waals surface area contributed by atoms with E-state index in [2.05, 4.69) is 4.72 Å². The smallest absolute Gasteiger partial charge is 0.261 e. The summed E-state index contributed by atoms with van der Waals surface area (Å²) in [6.45, 7) is 2.38. The fraction of sp³-hybridized carbons (Fsp3) is 0.200. The minimum absolute atomic E-state index is 0.128. The third-order valence-corrected chi connectivity index (χ3v) is 4.56. The topological polar surface area (TPSA) is 64.6 Å². The van der Waals surface area contributed by atoms with Crippen molar-refractivity contribution in [1.82, 2.24) is 0 Å². The van der Waals surface area contributed by atoms with Crippen molar-refractivity contribution in [2.45, 2.75) is 11.8 Å². The van der Waals surface area contributed by atoms with Crippen LogP contribution in [-0.2, 0) is 10.0 Å². The molecule has 118 valence electrons. The van der Waals surface area contributed by atoms with Gasteiger partial charge in [0, 0.05) is 6.07 Å². The number of anilines is 1. The van der Waals surface area contributed by atoms with Gasteiger partial charge in [-0.2, -0.15) is 0 Å². The maximum absolute atomic E-state index is 12.3. The normalized spacial score (nSPS) is 11.0. The highest BCUT2D eigenvalue weighted by Gasteiger charge is 2.16. The molecule has 2 rings (SSSR count). The van der Waals surface area contributed by atoms with Crippen LogP contribution in [0, 0.1) is 0 Å². The Labute approximate surface area is 134 Å². The van der Waals surface area contributed by atoms with Crippen LogP contribution in [0.25, 0.3) is 0 Å². The van der Waals surface area contributed by atoms with Gasteiger partial charge in [0.05, 0.1) is 29.3 Å². The Balaban J connectivity index is 2.23. The fourth-order valence-electron chi connectivity index (χ4n) is 1.79. The number of benzene rings is 2. The third kappa shape index (κ3) is 3.84. The molecule has 22 heavy (non-hydrogen) atoms. The molecule has 0 heterocycles. The van der Waals surface area contributed by atoms with E-state index in [-0.39, 0.29) is 15.6 Å². The zero-order valence-corrected chi connectivity index (χ0v) is 13.7. The standard InChI is InChI=1S/C15H16ClNO4S/c1-3-21-11-4-7-13(8-5-11)22(18,19)17-15-9-6-12(20-2)10-14(15)16/h4-10,17H,3H2,1-2H3. The van der Waals surface area contributed by atoms with Gasteiger partial charge in [0.15, 0.2) is 0 Å². The van der Waals surface area contributed by atoms with Gasteiger partial charge in [-0.25, -0.2) is 8.42 Å². The third-order valence-electron chi connectivity index (χ3n) is 2.87. The molecule has 0 aliphatic carbocycles. The first kappa shape index (κ1) is 16.5. The van der Waals surface area contributed by atoms with Crippen molar-refractivity contribution >= 4 is 27.3 Å². The van der Waals surface area contributed by atoms with Gasteiger partial charge >= 0.3 is 0 Å². The second-order valence-corrected chi connectivity index (χ2v) is 6.45. The number of nitrogens with one attached hydrogen (secondary N) is 1. The predicted octanol–water partition coefficient (Wildman–Crippen LogP) is 3.55. The minimum atomic E-state index is -3.72. The van der Waals surface area contributed by atoms with Crippen molar-refractivity contribution < 1.29 is 17.9 Å². The molecule has 0 unspecified atom stereocenters. The van der Waals surface area contributed by atoms with E-state index in [1.54, 1.807) is 24.3 Å². The lowest BCUT2D eigenvalue weighted by atomic mass is 10.3. The van der Waals surface area contributed by atoms with Crippen molar-refractivity contribution in [2.24, 2.45) is 0 Å². The lowest BCUT2D eigenvalue weighted by Gasteiger charge is -2.11. The summed E-state index contributed by atoms with van der Waals surface area (Å²) in [5.41, 5.74) is 0.288. The molecule has 0 bridgehead atoms. The van der Waals surface area contributed by atoms with E-state index in [0.717, 1.165) is 0 Å². The maximum Gasteiger partial charge on any atom is 0.261 e. The Bertz CT molecular complexity index is 745. The van der Waals surface area contributed by atoms with Crippen LogP contribution in [0.3, 0.4) is 0 Å². The molecule has 0 aliphatic rings. The number of ether oxygens (including phenoxy) is 2. The predicted molar refractivity (Wildman–Crippen MR) is 86.4 cm³/mol. The van der Waals surface area contributed by atoms with Gasteiger partial charge in [0.1, 0.15) is 11.5 Å². The van der Waals surface area contributed by atoms with E-state index in [1.807, 2.05) is 6.92 Å². The van der Waals surface area contributed by atoms with Gasteiger partial charge in [-0.05, 0) is 43.3 Å². The van der Waals surface area contributed by atoms with Gasteiger partial charge in [0.2, 0.25) is 0 Å². The summed E-state index contributed by atoms with van der Waals surface area (Å²) in [5.74, 6) is 1.16. The zero-order valence-electron chi connectivity index (χ0n) is 12.2. The molecule has 0 atom stereocenters. The molecule has 2 aromatic carbocycles. The Morgan fingerprint density at radius 1 is 1.09 bits per heavy atom. The van der Waals surface area contributed by atoms with Crippen molar-refractivity contribution in [3.63, 3.8) is 0 Å². The fourth-order valence-corrected chi connectivity index (χ4v) is 3.14. The van der Waals surface area contributed by atoms with Gasteiger partial charge < -0.3 is 9.47 Å². The summed E-state index contributed by atoms with van der Waals surface area (Å²) in [7, 11) is -2.21. The number of hydrogen-bond donors (Lipinski definition) is 1. The van der Waals surface area contributed by atoms with Gasteiger partial charge in [-0.15, -0.1) is 0 Å². The van der Waals surface area contributed by atoms with E-state index < -0.39 is 10.0 Å². The van der Waals surface area contributed by atoms with Crippen molar-refractivity contribution in [2.75, 3.05) is 18.4 Å². The maximum atomic E-state index is 12.3. The molecule has 0 amide bonds. The highest BCUT2D eigenvalue weighted by Crippen LogP contribution is 2.28. The lowest BCUT2D eigenvalue weighted by molar-refractivity contribution is 0.340. The molecule has 0 saturated heterocycles. The average Bonchev–Trinajstić information content (AvgIpc) is 2.50. The monoisotopic (exact) mass is 341 g/mol. The molecule has 2 aromatic rings. The van der Waals surface area contributed by atoms with E-state index in [0.29, 0.717) is 18.1 Å². The molecule has 0 radical (unpaired) electrons. The quantitative estimate of drug-likeness (QED) is 0.872. The van der Waals surface area contributed by atoms with Crippen LogP contribution in [0.2, 0.25) is 5.02 Å². The summed E-state index contributed by atoms with van der Waals surface area (Å²) >= 11 is 6.04. The molecule has 0 fully saturated rings. The van der Waals surface area contributed by atoms with Crippen molar-refractivity contribution in [3.8, 4) is 11.5 Å². The number of methoxy groups -OCH3 is 1. The molecule has 0 aliphatic heterocycles. The average molecular weight is 342 g/mol. The Morgan fingerprint density at radius 3 is 2.27 bits per heavy atom. The number of hydrogen-bond acceptors (Lipinski definition) is 4. The second-order valence-electron chi connectivity index (χ2n) is 4.36. The van der Waals surface area contributed by atoms with Gasteiger partial charge in [0.25, 0.3) is 10.0 Å². The molecular weight excluding hydrogens is 326 g/mol. The Hall–Kier alpha value is -1.92. The van der Waals surface area contributed by atoms with E-state index in [9.17, 15) is 8.42 Å². The summed E-state index contributed by atoms with van der Waals surface area (Å²) < 4.78 is 37.4. The first-order valence-electron chi connectivity index (χ1n) is 6.55. The first-order valence-corrected chi connectivity index (χ1v) is 8.41. The second kappa shape index (κ2) is 6.89. The van der Waals surface area contributed by atoms with E-state index in [1.165, 1.54) is 25.3 Å². The summed E-state index contributed by atoms with van der Waals surface area (Å²) in [4.78, 5) is 0.128. The lowest BCUT2D eigenvalue weighted by Crippen LogP contribution is -2.13. The largest absolute Gasteiger partial charge is 0.497 e. The van der Waals surface area contributed by atoms with E-state index in [4.69, 9.17) is 21.1 Å². The Morgan fingerprint density at radius 2 is 1.73 bits per heavy atom. The van der Waals surface area contributed by atoms with Crippen LogP contribution in [0.5, 0.6) is 11.5 Å². The van der Waals surface area contributed by atoms with Crippen molar-refractivity contribution in [3.05, 3.63) is 47.5 Å². The molecule has 7 heteroatoms. The molecule has 1 N–H and O–H groups in total.